The molecule has 0 aliphatic carbocycles. The summed E-state index contributed by atoms with van der Waals surface area (Å²) in [5.74, 6) is -0.315. The van der Waals surface area contributed by atoms with E-state index in [-0.39, 0.29) is 11.8 Å². The molecule has 0 unspecified atom stereocenters. The Morgan fingerprint density at radius 1 is 1.20 bits per heavy atom. The number of amides is 1. The van der Waals surface area contributed by atoms with Crippen LogP contribution in [0.4, 0.5) is 23.7 Å². The molecule has 1 aliphatic heterocycles. The normalized spacial score (nSPS) is 16.2. The highest BCUT2D eigenvalue weighted by molar-refractivity contribution is 5.87. The van der Waals surface area contributed by atoms with Gasteiger partial charge in [0, 0.05) is 30.6 Å². The fraction of sp³-hybridized carbons (Fsp3) is 0.429. The van der Waals surface area contributed by atoms with Gasteiger partial charge >= 0.3 is 12.5 Å². The van der Waals surface area contributed by atoms with Crippen LogP contribution in [-0.2, 0) is 4.74 Å². The molecular weight excluding hydrogens is 399 g/mol. The average molecular weight is 425 g/mol. The SMILES string of the molecule is C/C(N)=C(/C=Nc1ccc(OC(F)(F)F)cc1)C1=CCN(C(=O)OC(C)(C)C)CC1. The Morgan fingerprint density at radius 3 is 2.30 bits per heavy atom. The molecule has 0 saturated carbocycles. The third-order valence-corrected chi connectivity index (χ3v) is 4.04. The van der Waals surface area contributed by atoms with Gasteiger partial charge in [-0.3, -0.25) is 4.99 Å². The third kappa shape index (κ3) is 7.46. The van der Waals surface area contributed by atoms with E-state index < -0.39 is 12.0 Å². The fourth-order valence-electron chi connectivity index (χ4n) is 2.72. The number of hydrogen-bond donors (Lipinski definition) is 1. The zero-order chi connectivity index (χ0) is 22.5. The first-order chi connectivity index (χ1) is 13.8. The Balaban J connectivity index is 2.07. The zero-order valence-corrected chi connectivity index (χ0v) is 17.4. The molecule has 0 radical (unpaired) electrons. The molecule has 0 atom stereocenters. The smallest absolute Gasteiger partial charge is 0.444 e. The molecule has 0 bridgehead atoms. The lowest BCUT2D eigenvalue weighted by molar-refractivity contribution is -0.274. The summed E-state index contributed by atoms with van der Waals surface area (Å²) in [6.07, 6.45) is -1.07. The molecule has 30 heavy (non-hydrogen) atoms. The molecule has 0 saturated heterocycles. The predicted molar refractivity (Wildman–Crippen MR) is 109 cm³/mol. The number of nitrogens with two attached hydrogens (primary N) is 1. The third-order valence-electron chi connectivity index (χ3n) is 4.04. The first-order valence-corrected chi connectivity index (χ1v) is 9.37. The van der Waals surface area contributed by atoms with Gasteiger partial charge in [-0.15, -0.1) is 13.2 Å². The molecule has 6 nitrogen and oxygen atoms in total. The van der Waals surface area contributed by atoms with E-state index in [0.29, 0.717) is 30.9 Å². The fourth-order valence-corrected chi connectivity index (χ4v) is 2.72. The molecule has 2 rings (SSSR count). The van der Waals surface area contributed by atoms with E-state index in [1.807, 2.05) is 26.8 Å². The van der Waals surface area contributed by atoms with Crippen molar-refractivity contribution in [2.75, 3.05) is 13.1 Å². The second-order valence-electron chi connectivity index (χ2n) is 7.80. The summed E-state index contributed by atoms with van der Waals surface area (Å²) in [6, 6.07) is 5.22. The van der Waals surface area contributed by atoms with Crippen LogP contribution >= 0.6 is 0 Å². The van der Waals surface area contributed by atoms with Gasteiger partial charge in [0.15, 0.2) is 0 Å². The van der Waals surface area contributed by atoms with Gasteiger partial charge in [-0.1, -0.05) is 6.08 Å². The molecule has 0 spiro atoms. The van der Waals surface area contributed by atoms with E-state index in [2.05, 4.69) is 9.73 Å². The molecular formula is C21H26F3N3O3. The second-order valence-corrected chi connectivity index (χ2v) is 7.80. The van der Waals surface area contributed by atoms with Crippen molar-refractivity contribution in [3.8, 4) is 5.75 Å². The number of carbonyl (C=O) groups excluding carboxylic acids is 1. The number of allylic oxidation sites excluding steroid dienone is 2. The Kier molecular flexibility index (Phi) is 7.17. The van der Waals surface area contributed by atoms with Crippen LogP contribution in [0.15, 0.2) is 52.2 Å². The molecule has 1 aromatic rings. The average Bonchev–Trinajstić information content (AvgIpc) is 2.61. The van der Waals surface area contributed by atoms with Gasteiger partial charge in [-0.2, -0.15) is 0 Å². The predicted octanol–water partition coefficient (Wildman–Crippen LogP) is 5.09. The van der Waals surface area contributed by atoms with E-state index in [9.17, 15) is 18.0 Å². The van der Waals surface area contributed by atoms with E-state index in [1.165, 1.54) is 24.3 Å². The van der Waals surface area contributed by atoms with Gasteiger partial charge < -0.3 is 20.1 Å². The number of hydrogen-bond acceptors (Lipinski definition) is 5. The van der Waals surface area contributed by atoms with Gasteiger partial charge in [-0.05, 0) is 64.0 Å². The van der Waals surface area contributed by atoms with Crippen LogP contribution in [0.3, 0.4) is 0 Å². The standard InChI is InChI=1S/C21H26F3N3O3/c1-14(25)18(13-26-16-5-7-17(8-6-16)29-21(22,23)24)15-9-11-27(12-10-15)19(28)30-20(2,3)4/h5-9,13H,10-12,25H2,1-4H3/b18-14+,26-13?. The molecule has 2 N–H and O–H groups in total. The Morgan fingerprint density at radius 2 is 1.83 bits per heavy atom. The van der Waals surface area contributed by atoms with Crippen molar-refractivity contribution in [3.05, 3.63) is 47.2 Å². The summed E-state index contributed by atoms with van der Waals surface area (Å²) in [4.78, 5) is 18.1. The maximum atomic E-state index is 12.2. The molecule has 1 amide bonds. The number of alkyl halides is 3. The molecule has 9 heteroatoms. The van der Waals surface area contributed by atoms with Crippen LogP contribution in [0, 0.1) is 0 Å². The van der Waals surface area contributed by atoms with Crippen molar-refractivity contribution in [2.24, 2.45) is 10.7 Å². The molecule has 1 aliphatic rings. The van der Waals surface area contributed by atoms with Crippen molar-refractivity contribution in [2.45, 2.75) is 46.1 Å². The van der Waals surface area contributed by atoms with E-state index in [1.54, 1.807) is 18.0 Å². The number of rotatable bonds is 4. The number of halogens is 3. The Labute approximate surface area is 173 Å². The van der Waals surface area contributed by atoms with Gasteiger partial charge in [-0.25, -0.2) is 4.79 Å². The van der Waals surface area contributed by atoms with Crippen LogP contribution in [0.25, 0.3) is 0 Å². The van der Waals surface area contributed by atoms with Crippen molar-refractivity contribution in [3.63, 3.8) is 0 Å². The topological polar surface area (TPSA) is 77.2 Å². The Hall–Kier alpha value is -2.97. The van der Waals surface area contributed by atoms with Gasteiger partial charge in [0.25, 0.3) is 0 Å². The van der Waals surface area contributed by atoms with Crippen LogP contribution in [0.2, 0.25) is 0 Å². The molecule has 0 aromatic heterocycles. The molecule has 1 aromatic carbocycles. The molecule has 0 fully saturated rings. The summed E-state index contributed by atoms with van der Waals surface area (Å²) in [5, 5.41) is 0. The second kappa shape index (κ2) is 9.23. The summed E-state index contributed by atoms with van der Waals surface area (Å²) in [5.41, 5.74) is 8.10. The minimum atomic E-state index is -4.74. The number of benzene rings is 1. The highest BCUT2D eigenvalue weighted by atomic mass is 19.4. The van der Waals surface area contributed by atoms with E-state index in [0.717, 1.165) is 11.1 Å². The lowest BCUT2D eigenvalue weighted by atomic mass is 9.99. The van der Waals surface area contributed by atoms with Crippen molar-refractivity contribution in [1.82, 2.24) is 4.90 Å². The maximum absolute atomic E-state index is 12.2. The zero-order valence-electron chi connectivity index (χ0n) is 17.4. The van der Waals surface area contributed by atoms with Crippen LogP contribution in [0.5, 0.6) is 5.75 Å². The summed E-state index contributed by atoms with van der Waals surface area (Å²) in [7, 11) is 0. The summed E-state index contributed by atoms with van der Waals surface area (Å²) in [6.45, 7) is 8.04. The first-order valence-electron chi connectivity index (χ1n) is 9.37. The van der Waals surface area contributed by atoms with Crippen molar-refractivity contribution >= 4 is 18.0 Å². The highest BCUT2D eigenvalue weighted by Crippen LogP contribution is 2.26. The summed E-state index contributed by atoms with van der Waals surface area (Å²) < 4.78 is 45.9. The Bertz CT molecular complexity index is 847. The van der Waals surface area contributed by atoms with E-state index in [4.69, 9.17) is 10.5 Å². The maximum Gasteiger partial charge on any atom is 0.573 e. The minimum absolute atomic E-state index is 0.315. The lowest BCUT2D eigenvalue weighted by Crippen LogP contribution is -2.39. The highest BCUT2D eigenvalue weighted by Gasteiger charge is 2.31. The number of carbonyl (C=O) groups is 1. The van der Waals surface area contributed by atoms with Gasteiger partial charge in [0.2, 0.25) is 0 Å². The van der Waals surface area contributed by atoms with Crippen molar-refractivity contribution < 1.29 is 27.4 Å². The molecule has 164 valence electrons. The number of ether oxygens (including phenoxy) is 2. The minimum Gasteiger partial charge on any atom is -0.444 e. The summed E-state index contributed by atoms with van der Waals surface area (Å²) >= 11 is 0. The molecule has 1 heterocycles. The largest absolute Gasteiger partial charge is 0.573 e. The van der Waals surface area contributed by atoms with Gasteiger partial charge in [0.05, 0.1) is 5.69 Å². The van der Waals surface area contributed by atoms with Crippen LogP contribution < -0.4 is 10.5 Å². The van der Waals surface area contributed by atoms with Crippen LogP contribution in [0.1, 0.15) is 34.1 Å². The first kappa shape index (κ1) is 23.3. The monoisotopic (exact) mass is 425 g/mol. The van der Waals surface area contributed by atoms with Crippen molar-refractivity contribution in [1.29, 1.82) is 0 Å². The van der Waals surface area contributed by atoms with Gasteiger partial charge in [0.1, 0.15) is 11.4 Å². The number of nitrogens with zero attached hydrogens (tertiary/aromatic N) is 2. The van der Waals surface area contributed by atoms with E-state index >= 15 is 0 Å². The number of aliphatic imine (C=N–C) groups is 1. The lowest BCUT2D eigenvalue weighted by Gasteiger charge is -2.30. The van der Waals surface area contributed by atoms with Crippen LogP contribution in [-0.4, -0.2) is 42.3 Å². The quantitative estimate of drug-likeness (QED) is 0.682.